The van der Waals surface area contributed by atoms with E-state index in [4.69, 9.17) is 10.5 Å². The first-order valence-electron chi connectivity index (χ1n) is 10.2. The third-order valence-corrected chi connectivity index (χ3v) is 8.27. The number of carbonyl (C=O) groups is 1. The van der Waals surface area contributed by atoms with Crippen LogP contribution in [0.4, 0.5) is 20.8 Å². The number of halogens is 1. The highest BCUT2D eigenvalue weighted by Gasteiger charge is 2.32. The van der Waals surface area contributed by atoms with E-state index in [-0.39, 0.29) is 30.9 Å². The van der Waals surface area contributed by atoms with Gasteiger partial charge >= 0.3 is 0 Å². The van der Waals surface area contributed by atoms with Gasteiger partial charge in [0.2, 0.25) is 15.6 Å². The van der Waals surface area contributed by atoms with Crippen LogP contribution in [0.25, 0.3) is 0 Å². The molecule has 3 N–H and O–H groups in total. The molecule has 0 spiro atoms. The number of methoxy groups -OCH3 is 1. The maximum atomic E-state index is 13.6. The van der Waals surface area contributed by atoms with Crippen molar-refractivity contribution in [2.45, 2.75) is 16.7 Å². The Hall–Kier alpha value is -3.69. The Morgan fingerprint density at radius 2 is 1.65 bits per heavy atom. The van der Waals surface area contributed by atoms with E-state index in [0.29, 0.717) is 11.4 Å². The molecule has 0 aliphatic heterocycles. The van der Waals surface area contributed by atoms with Crippen molar-refractivity contribution in [3.05, 3.63) is 94.6 Å². The van der Waals surface area contributed by atoms with Crippen LogP contribution in [0.2, 0.25) is 0 Å². The van der Waals surface area contributed by atoms with Crippen molar-refractivity contribution < 1.29 is 22.3 Å². The number of rotatable bonds is 7. The SMILES string of the molecule is COc1ccccc1Nc1sc(C(=O)c2ccc(F)cc2)c(N)c1S(=O)(=O)c1ccc(C)cc1. The van der Waals surface area contributed by atoms with Crippen molar-refractivity contribution in [3.8, 4) is 5.75 Å². The number of aryl methyl sites for hydroxylation is 1. The second-order valence-corrected chi connectivity index (χ2v) is 10.4. The van der Waals surface area contributed by atoms with E-state index in [2.05, 4.69) is 5.32 Å². The second-order valence-electron chi connectivity index (χ2n) is 7.48. The van der Waals surface area contributed by atoms with Gasteiger partial charge in [0.25, 0.3) is 0 Å². The second kappa shape index (κ2) is 9.28. The van der Waals surface area contributed by atoms with E-state index in [1.165, 1.54) is 31.4 Å². The summed E-state index contributed by atoms with van der Waals surface area (Å²) in [5.74, 6) is -0.507. The standard InChI is InChI=1S/C25H21FN2O4S2/c1-15-7-13-18(14-8-15)34(30,31)24-21(27)23(22(29)16-9-11-17(26)12-10-16)33-25(24)28-19-5-3-4-6-20(19)32-2/h3-14,28H,27H2,1-2H3. The molecule has 0 saturated heterocycles. The first-order chi connectivity index (χ1) is 16.2. The van der Waals surface area contributed by atoms with Gasteiger partial charge in [-0.2, -0.15) is 0 Å². The van der Waals surface area contributed by atoms with Crippen LogP contribution >= 0.6 is 11.3 Å². The monoisotopic (exact) mass is 496 g/mol. The topological polar surface area (TPSA) is 98.5 Å². The minimum Gasteiger partial charge on any atom is -0.495 e. The summed E-state index contributed by atoms with van der Waals surface area (Å²) in [5, 5.41) is 3.25. The summed E-state index contributed by atoms with van der Waals surface area (Å²) in [6, 6.07) is 18.3. The number of nitrogens with two attached hydrogens (primary N) is 1. The average Bonchev–Trinajstić information content (AvgIpc) is 3.16. The lowest BCUT2D eigenvalue weighted by atomic mass is 10.1. The largest absolute Gasteiger partial charge is 0.495 e. The quantitative estimate of drug-likeness (QED) is 0.324. The maximum absolute atomic E-state index is 13.6. The molecule has 4 aromatic rings. The number of ketones is 1. The van der Waals surface area contributed by atoms with Crippen LogP contribution in [-0.4, -0.2) is 21.3 Å². The maximum Gasteiger partial charge on any atom is 0.211 e. The third-order valence-electron chi connectivity index (χ3n) is 5.17. The molecule has 0 aliphatic rings. The number of nitrogen functional groups attached to an aromatic ring is 1. The molecule has 34 heavy (non-hydrogen) atoms. The molecule has 0 radical (unpaired) electrons. The van der Waals surface area contributed by atoms with Crippen LogP contribution in [-0.2, 0) is 9.84 Å². The molecule has 1 aromatic heterocycles. The summed E-state index contributed by atoms with van der Waals surface area (Å²) in [4.78, 5) is 13.1. The van der Waals surface area contributed by atoms with Crippen LogP contribution in [0.15, 0.2) is 82.6 Å². The molecule has 9 heteroatoms. The molecule has 0 unspecified atom stereocenters. The fraction of sp³-hybridized carbons (Fsp3) is 0.0800. The first kappa shape index (κ1) is 23.5. The van der Waals surface area contributed by atoms with Crippen LogP contribution < -0.4 is 15.8 Å². The van der Waals surface area contributed by atoms with E-state index in [9.17, 15) is 17.6 Å². The number of benzene rings is 3. The number of nitrogens with one attached hydrogen (secondary N) is 1. The molecule has 1 heterocycles. The number of ether oxygens (including phenoxy) is 1. The molecule has 174 valence electrons. The van der Waals surface area contributed by atoms with Gasteiger partial charge in [-0.25, -0.2) is 12.8 Å². The highest BCUT2D eigenvalue weighted by Crippen LogP contribution is 2.45. The number of thiophene rings is 1. The van der Waals surface area contributed by atoms with Gasteiger partial charge < -0.3 is 15.8 Å². The average molecular weight is 497 g/mol. The van der Waals surface area contributed by atoms with Crippen LogP contribution in [0.3, 0.4) is 0 Å². The molecule has 0 fully saturated rings. The summed E-state index contributed by atoms with van der Waals surface area (Å²) in [7, 11) is -2.59. The molecule has 4 rings (SSSR count). The Morgan fingerprint density at radius 1 is 1.00 bits per heavy atom. The fourth-order valence-electron chi connectivity index (χ4n) is 3.38. The van der Waals surface area contributed by atoms with E-state index < -0.39 is 21.4 Å². The summed E-state index contributed by atoms with van der Waals surface area (Å²) in [6.45, 7) is 1.85. The minimum atomic E-state index is -4.09. The lowest BCUT2D eigenvalue weighted by molar-refractivity contribution is 0.104. The van der Waals surface area contributed by atoms with Gasteiger partial charge in [-0.05, 0) is 55.5 Å². The number of anilines is 3. The number of sulfone groups is 1. The van der Waals surface area contributed by atoms with Gasteiger partial charge in [0.15, 0.2) is 0 Å². The summed E-state index contributed by atoms with van der Waals surface area (Å²) in [5.41, 5.74) is 7.74. The van der Waals surface area contributed by atoms with Crippen molar-refractivity contribution >= 4 is 43.3 Å². The Labute approximate surface area is 200 Å². The van der Waals surface area contributed by atoms with E-state index in [1.807, 2.05) is 6.92 Å². The van der Waals surface area contributed by atoms with Crippen molar-refractivity contribution in [2.75, 3.05) is 18.2 Å². The molecule has 6 nitrogen and oxygen atoms in total. The fourth-order valence-corrected chi connectivity index (χ4v) is 6.31. The number of carbonyl (C=O) groups excluding carboxylic acids is 1. The Morgan fingerprint density at radius 3 is 2.29 bits per heavy atom. The lowest BCUT2D eigenvalue weighted by Crippen LogP contribution is -2.08. The van der Waals surface area contributed by atoms with Crippen LogP contribution in [0.5, 0.6) is 5.75 Å². The van der Waals surface area contributed by atoms with Gasteiger partial charge in [0, 0.05) is 5.56 Å². The third kappa shape index (κ3) is 4.40. The molecular weight excluding hydrogens is 475 g/mol. The lowest BCUT2D eigenvalue weighted by Gasteiger charge is -2.12. The summed E-state index contributed by atoms with van der Waals surface area (Å²) in [6.07, 6.45) is 0. The first-order valence-corrected chi connectivity index (χ1v) is 12.5. The molecule has 0 amide bonds. The molecule has 0 saturated carbocycles. The predicted octanol–water partition coefficient (Wildman–Crippen LogP) is 5.59. The van der Waals surface area contributed by atoms with Gasteiger partial charge in [-0.3, -0.25) is 4.79 Å². The molecule has 0 bridgehead atoms. The summed E-state index contributed by atoms with van der Waals surface area (Å²) >= 11 is 0.918. The number of para-hydroxylation sites is 2. The molecule has 0 aliphatic carbocycles. The summed E-state index contributed by atoms with van der Waals surface area (Å²) < 4.78 is 46.0. The Balaban J connectivity index is 1.90. The van der Waals surface area contributed by atoms with E-state index in [1.54, 1.807) is 36.4 Å². The van der Waals surface area contributed by atoms with Gasteiger partial charge in [-0.1, -0.05) is 29.8 Å². The number of hydrogen-bond acceptors (Lipinski definition) is 7. The minimum absolute atomic E-state index is 0.0368. The van der Waals surface area contributed by atoms with Crippen LogP contribution in [0, 0.1) is 12.7 Å². The molecular formula is C25H21FN2O4S2. The van der Waals surface area contributed by atoms with Crippen molar-refractivity contribution in [1.82, 2.24) is 0 Å². The normalized spacial score (nSPS) is 11.3. The number of hydrogen-bond donors (Lipinski definition) is 2. The predicted molar refractivity (Wildman–Crippen MR) is 131 cm³/mol. The zero-order chi connectivity index (χ0) is 24.5. The van der Waals surface area contributed by atoms with Crippen LogP contribution in [0.1, 0.15) is 20.8 Å². The van der Waals surface area contributed by atoms with Gasteiger partial charge in [-0.15, -0.1) is 11.3 Å². The molecule has 3 aromatic carbocycles. The zero-order valence-corrected chi connectivity index (χ0v) is 20.0. The van der Waals surface area contributed by atoms with Crippen molar-refractivity contribution in [2.24, 2.45) is 0 Å². The zero-order valence-electron chi connectivity index (χ0n) is 18.3. The van der Waals surface area contributed by atoms with E-state index >= 15 is 0 Å². The Kier molecular flexibility index (Phi) is 6.41. The highest BCUT2D eigenvalue weighted by atomic mass is 32.2. The Bertz CT molecular complexity index is 1460. The van der Waals surface area contributed by atoms with Gasteiger partial charge in [0.05, 0.1) is 23.4 Å². The van der Waals surface area contributed by atoms with Crippen molar-refractivity contribution in [3.63, 3.8) is 0 Å². The highest BCUT2D eigenvalue weighted by molar-refractivity contribution is 7.92. The van der Waals surface area contributed by atoms with Crippen molar-refractivity contribution in [1.29, 1.82) is 0 Å². The smallest absolute Gasteiger partial charge is 0.211 e. The molecule has 0 atom stereocenters. The van der Waals surface area contributed by atoms with E-state index in [0.717, 1.165) is 29.0 Å². The van der Waals surface area contributed by atoms with Gasteiger partial charge in [0.1, 0.15) is 26.3 Å².